The third kappa shape index (κ3) is 6.26. The van der Waals surface area contributed by atoms with Gasteiger partial charge in [-0.3, -0.25) is 9.59 Å². The molecule has 1 fully saturated rings. The van der Waals surface area contributed by atoms with E-state index in [9.17, 15) is 19.6 Å². The normalized spacial score (nSPS) is 16.3. The molecule has 0 saturated heterocycles. The number of nitrogens with one attached hydrogen (secondary N) is 2. The second-order valence-electron chi connectivity index (χ2n) is 6.53. The van der Waals surface area contributed by atoms with Gasteiger partial charge < -0.3 is 15.4 Å². The molecule has 0 aliphatic heterocycles. The van der Waals surface area contributed by atoms with E-state index in [0.717, 1.165) is 18.4 Å². The number of amides is 2. The van der Waals surface area contributed by atoms with Crippen molar-refractivity contribution < 1.29 is 19.1 Å². The fourth-order valence-corrected chi connectivity index (χ4v) is 2.86. The molecule has 1 aliphatic rings. The molecule has 1 unspecified atom stereocenters. The van der Waals surface area contributed by atoms with Crippen LogP contribution >= 0.6 is 0 Å². The van der Waals surface area contributed by atoms with Crippen LogP contribution in [0.4, 0.5) is 0 Å². The Bertz CT molecular complexity index is 746. The Labute approximate surface area is 158 Å². The van der Waals surface area contributed by atoms with E-state index in [0.29, 0.717) is 12.8 Å². The van der Waals surface area contributed by atoms with Crippen molar-refractivity contribution >= 4 is 23.9 Å². The summed E-state index contributed by atoms with van der Waals surface area (Å²) in [6.07, 6.45) is 5.92. The Morgan fingerprint density at radius 2 is 1.93 bits per heavy atom. The first-order valence-corrected chi connectivity index (χ1v) is 8.87. The second-order valence-corrected chi connectivity index (χ2v) is 6.53. The highest BCUT2D eigenvalue weighted by Crippen LogP contribution is 2.28. The molecule has 0 bridgehead atoms. The highest BCUT2D eigenvalue weighted by molar-refractivity contribution is 5.94. The molecule has 1 aromatic carbocycles. The van der Waals surface area contributed by atoms with Gasteiger partial charge in [-0.05, 0) is 44.2 Å². The summed E-state index contributed by atoms with van der Waals surface area (Å²) < 4.78 is 4.93. The molecule has 7 heteroatoms. The van der Waals surface area contributed by atoms with Gasteiger partial charge in [-0.25, -0.2) is 4.79 Å². The molecule has 1 atom stereocenters. The second kappa shape index (κ2) is 9.53. The number of nitrogens with zero attached hydrogens (tertiary/aromatic N) is 1. The minimum absolute atomic E-state index is 0.442. The van der Waals surface area contributed by atoms with E-state index in [1.54, 1.807) is 6.08 Å². The number of hydrogen-bond acceptors (Lipinski definition) is 5. The number of hydrogen-bond donors (Lipinski definition) is 2. The largest absolute Gasteiger partial charge is 0.454 e. The van der Waals surface area contributed by atoms with E-state index >= 15 is 0 Å². The monoisotopic (exact) mass is 369 g/mol. The molecule has 2 N–H and O–H groups in total. The lowest BCUT2D eigenvalue weighted by molar-refractivity contribution is -0.151. The zero-order valence-electron chi connectivity index (χ0n) is 15.2. The van der Waals surface area contributed by atoms with Crippen LogP contribution in [0.1, 0.15) is 38.2 Å². The minimum Gasteiger partial charge on any atom is -0.454 e. The van der Waals surface area contributed by atoms with Gasteiger partial charge >= 0.3 is 5.97 Å². The number of benzene rings is 1. The van der Waals surface area contributed by atoms with Crippen LogP contribution in [-0.2, 0) is 19.1 Å². The topological polar surface area (TPSA) is 108 Å². The Kier molecular flexibility index (Phi) is 7.12. The van der Waals surface area contributed by atoms with Gasteiger partial charge in [-0.1, -0.05) is 30.3 Å². The number of carbonyl (C=O) groups is 3. The number of nitriles is 1. The van der Waals surface area contributed by atoms with Gasteiger partial charge in [0.1, 0.15) is 11.6 Å². The molecular formula is C20H23N3O4. The number of carbonyl (C=O) groups excluding carboxylic acids is 3. The zero-order chi connectivity index (χ0) is 19.7. The van der Waals surface area contributed by atoms with E-state index in [1.807, 2.05) is 30.3 Å². The van der Waals surface area contributed by atoms with Crippen LogP contribution < -0.4 is 10.6 Å². The van der Waals surface area contributed by atoms with Crippen molar-refractivity contribution in [2.75, 3.05) is 6.61 Å². The molecular weight excluding hydrogens is 346 g/mol. The maximum atomic E-state index is 11.9. The zero-order valence-corrected chi connectivity index (χ0v) is 15.2. The van der Waals surface area contributed by atoms with Crippen molar-refractivity contribution in [2.24, 2.45) is 0 Å². The Morgan fingerprint density at radius 3 is 2.56 bits per heavy atom. The van der Waals surface area contributed by atoms with Gasteiger partial charge in [0.15, 0.2) is 6.61 Å². The molecule has 27 heavy (non-hydrogen) atoms. The molecule has 0 radical (unpaired) electrons. The number of esters is 1. The first kappa shape index (κ1) is 20.2. The minimum atomic E-state index is -0.901. The molecule has 0 heterocycles. The molecule has 1 aromatic rings. The van der Waals surface area contributed by atoms with E-state index in [1.165, 1.54) is 13.0 Å². The SMILES string of the molecule is CC(NC(=O)/C=C/c1ccccc1)C(=O)OCC(=O)NC1(C#N)CCCC1. The third-order valence-electron chi connectivity index (χ3n) is 4.33. The maximum absolute atomic E-state index is 11.9. The van der Waals surface area contributed by atoms with E-state index in [4.69, 9.17) is 4.74 Å². The highest BCUT2D eigenvalue weighted by atomic mass is 16.5. The summed E-state index contributed by atoms with van der Waals surface area (Å²) >= 11 is 0. The first-order valence-electron chi connectivity index (χ1n) is 8.87. The average Bonchev–Trinajstić information content (AvgIpc) is 3.14. The van der Waals surface area contributed by atoms with E-state index < -0.39 is 36.0 Å². The Morgan fingerprint density at radius 1 is 1.26 bits per heavy atom. The van der Waals surface area contributed by atoms with Crippen LogP contribution in [0, 0.1) is 11.3 Å². The molecule has 0 aromatic heterocycles. The van der Waals surface area contributed by atoms with E-state index in [2.05, 4.69) is 16.7 Å². The standard InChI is InChI=1S/C20H23N3O4/c1-15(22-17(24)10-9-16-7-3-2-4-8-16)19(26)27-13-18(25)23-20(14-21)11-5-6-12-20/h2-4,7-10,15H,5-6,11-13H2,1H3,(H,22,24)(H,23,25)/b10-9+. The van der Waals surface area contributed by atoms with Crippen LogP contribution in [0.2, 0.25) is 0 Å². The predicted octanol–water partition coefficient (Wildman–Crippen LogP) is 1.70. The summed E-state index contributed by atoms with van der Waals surface area (Å²) in [5.41, 5.74) is 0.00355. The lowest BCUT2D eigenvalue weighted by Crippen LogP contribution is -2.47. The molecule has 2 rings (SSSR count). The smallest absolute Gasteiger partial charge is 0.328 e. The van der Waals surface area contributed by atoms with Crippen molar-refractivity contribution in [3.05, 3.63) is 42.0 Å². The van der Waals surface area contributed by atoms with Gasteiger partial charge in [0, 0.05) is 6.08 Å². The van der Waals surface area contributed by atoms with Gasteiger partial charge in [-0.2, -0.15) is 5.26 Å². The van der Waals surface area contributed by atoms with Gasteiger partial charge in [0.25, 0.3) is 5.91 Å². The quantitative estimate of drug-likeness (QED) is 0.562. The molecule has 2 amide bonds. The van der Waals surface area contributed by atoms with Crippen molar-refractivity contribution in [2.45, 2.75) is 44.2 Å². The number of ether oxygens (including phenoxy) is 1. The highest BCUT2D eigenvalue weighted by Gasteiger charge is 2.35. The van der Waals surface area contributed by atoms with Crippen molar-refractivity contribution in [3.63, 3.8) is 0 Å². The Hall–Kier alpha value is -3.14. The van der Waals surface area contributed by atoms with Crippen LogP contribution in [0.25, 0.3) is 6.08 Å². The predicted molar refractivity (Wildman–Crippen MR) is 99.0 cm³/mol. The summed E-state index contributed by atoms with van der Waals surface area (Å²) in [6, 6.07) is 10.5. The van der Waals surface area contributed by atoms with Crippen LogP contribution in [0.15, 0.2) is 36.4 Å². The molecule has 0 spiro atoms. The third-order valence-corrected chi connectivity index (χ3v) is 4.33. The molecule has 1 saturated carbocycles. The summed E-state index contributed by atoms with van der Waals surface area (Å²) in [5, 5.41) is 14.4. The lowest BCUT2D eigenvalue weighted by Gasteiger charge is -2.22. The van der Waals surface area contributed by atoms with Gasteiger partial charge in [-0.15, -0.1) is 0 Å². The van der Waals surface area contributed by atoms with Crippen molar-refractivity contribution in [3.8, 4) is 6.07 Å². The van der Waals surface area contributed by atoms with Crippen LogP contribution in [0.5, 0.6) is 0 Å². The van der Waals surface area contributed by atoms with Gasteiger partial charge in [0.2, 0.25) is 5.91 Å². The van der Waals surface area contributed by atoms with Gasteiger partial charge in [0.05, 0.1) is 6.07 Å². The summed E-state index contributed by atoms with van der Waals surface area (Å²) in [7, 11) is 0. The van der Waals surface area contributed by atoms with E-state index in [-0.39, 0.29) is 0 Å². The number of rotatable bonds is 7. The van der Waals surface area contributed by atoms with Crippen molar-refractivity contribution in [1.29, 1.82) is 5.26 Å². The summed E-state index contributed by atoms with van der Waals surface area (Å²) in [6.45, 7) is 0.991. The maximum Gasteiger partial charge on any atom is 0.328 e. The fraction of sp³-hybridized carbons (Fsp3) is 0.400. The van der Waals surface area contributed by atoms with Crippen LogP contribution in [-0.4, -0.2) is 36.0 Å². The first-order chi connectivity index (χ1) is 12.9. The fourth-order valence-electron chi connectivity index (χ4n) is 2.86. The molecule has 7 nitrogen and oxygen atoms in total. The molecule has 1 aliphatic carbocycles. The lowest BCUT2D eigenvalue weighted by atomic mass is 10.00. The average molecular weight is 369 g/mol. The molecule has 142 valence electrons. The Balaban J connectivity index is 1.75. The summed E-state index contributed by atoms with van der Waals surface area (Å²) in [4.78, 5) is 35.7. The van der Waals surface area contributed by atoms with Crippen LogP contribution in [0.3, 0.4) is 0 Å². The van der Waals surface area contributed by atoms with Crippen molar-refractivity contribution in [1.82, 2.24) is 10.6 Å². The summed E-state index contributed by atoms with van der Waals surface area (Å²) in [5.74, 6) is -1.68.